The second-order valence-corrected chi connectivity index (χ2v) is 4.16. The third-order valence-corrected chi connectivity index (χ3v) is 3.04. The number of rotatable bonds is 2. The van der Waals surface area contributed by atoms with Crippen LogP contribution in [-0.4, -0.2) is 31.1 Å². The number of carbonyl (C=O) groups is 1. The van der Waals surface area contributed by atoms with Crippen LogP contribution in [0.25, 0.3) is 0 Å². The number of nitrogens with one attached hydrogen (secondary N) is 1. The minimum Gasteiger partial charge on any atom is -0.369 e. The van der Waals surface area contributed by atoms with Gasteiger partial charge in [0.25, 0.3) is 11.5 Å². The number of H-pyrrole nitrogens is 1. The SMILES string of the molecule is O=C1c2ccccc2C(O)N1Cc1nnc[nH]c1=O. The molecular weight excluding hydrogens is 248 g/mol. The first kappa shape index (κ1) is 11.5. The van der Waals surface area contributed by atoms with Crippen molar-refractivity contribution in [2.24, 2.45) is 0 Å². The van der Waals surface area contributed by atoms with Crippen molar-refractivity contribution in [1.29, 1.82) is 0 Å². The van der Waals surface area contributed by atoms with Gasteiger partial charge in [-0.2, -0.15) is 0 Å². The van der Waals surface area contributed by atoms with Crippen molar-refractivity contribution in [1.82, 2.24) is 20.1 Å². The summed E-state index contributed by atoms with van der Waals surface area (Å²) < 4.78 is 0. The molecule has 96 valence electrons. The molecule has 19 heavy (non-hydrogen) atoms. The number of aliphatic hydroxyl groups is 1. The van der Waals surface area contributed by atoms with Crippen LogP contribution in [0.4, 0.5) is 0 Å². The van der Waals surface area contributed by atoms with Crippen LogP contribution in [0.5, 0.6) is 0 Å². The Bertz CT molecular complexity index is 697. The van der Waals surface area contributed by atoms with Crippen LogP contribution in [0.15, 0.2) is 35.4 Å². The van der Waals surface area contributed by atoms with Gasteiger partial charge in [0.05, 0.1) is 6.54 Å². The molecule has 2 heterocycles. The molecule has 2 aromatic rings. The summed E-state index contributed by atoms with van der Waals surface area (Å²) in [6, 6.07) is 6.79. The second kappa shape index (κ2) is 4.29. The molecule has 0 fully saturated rings. The van der Waals surface area contributed by atoms with E-state index in [1.54, 1.807) is 24.3 Å². The lowest BCUT2D eigenvalue weighted by molar-refractivity contribution is 0.0129. The summed E-state index contributed by atoms with van der Waals surface area (Å²) in [4.78, 5) is 27.2. The van der Waals surface area contributed by atoms with Gasteiger partial charge in [0, 0.05) is 11.1 Å². The summed E-state index contributed by atoms with van der Waals surface area (Å²) in [5, 5.41) is 17.3. The lowest BCUT2D eigenvalue weighted by atomic mass is 10.1. The van der Waals surface area contributed by atoms with E-state index in [-0.39, 0.29) is 18.1 Å². The molecule has 1 atom stereocenters. The summed E-state index contributed by atoms with van der Waals surface area (Å²) in [6.45, 7) is -0.0855. The van der Waals surface area contributed by atoms with E-state index >= 15 is 0 Å². The fourth-order valence-corrected chi connectivity index (χ4v) is 2.09. The van der Waals surface area contributed by atoms with Crippen LogP contribution in [0, 0.1) is 0 Å². The molecule has 0 aliphatic carbocycles. The van der Waals surface area contributed by atoms with E-state index in [2.05, 4.69) is 15.2 Å². The van der Waals surface area contributed by atoms with Gasteiger partial charge in [0.15, 0.2) is 6.23 Å². The van der Waals surface area contributed by atoms with Crippen molar-refractivity contribution >= 4 is 5.91 Å². The van der Waals surface area contributed by atoms with E-state index in [0.717, 1.165) is 0 Å². The molecule has 1 aromatic heterocycles. The van der Waals surface area contributed by atoms with Crippen LogP contribution in [0.2, 0.25) is 0 Å². The van der Waals surface area contributed by atoms with E-state index in [1.165, 1.54) is 11.2 Å². The maximum absolute atomic E-state index is 12.1. The highest BCUT2D eigenvalue weighted by atomic mass is 16.3. The number of aliphatic hydroxyl groups excluding tert-OH is 1. The van der Waals surface area contributed by atoms with Crippen molar-refractivity contribution in [3.8, 4) is 0 Å². The van der Waals surface area contributed by atoms with Gasteiger partial charge >= 0.3 is 0 Å². The molecule has 1 amide bonds. The molecule has 0 saturated heterocycles. The molecule has 0 bridgehead atoms. The Hall–Kier alpha value is -2.54. The van der Waals surface area contributed by atoms with Gasteiger partial charge in [-0.05, 0) is 6.07 Å². The zero-order valence-electron chi connectivity index (χ0n) is 9.78. The second-order valence-electron chi connectivity index (χ2n) is 4.16. The van der Waals surface area contributed by atoms with Gasteiger partial charge in [0.2, 0.25) is 0 Å². The summed E-state index contributed by atoms with van der Waals surface area (Å²) in [5.41, 5.74) is 0.636. The van der Waals surface area contributed by atoms with E-state index in [4.69, 9.17) is 0 Å². The lowest BCUT2D eigenvalue weighted by Gasteiger charge is -2.19. The third-order valence-electron chi connectivity index (χ3n) is 3.04. The van der Waals surface area contributed by atoms with Crippen molar-refractivity contribution in [3.05, 3.63) is 57.8 Å². The first-order valence-corrected chi connectivity index (χ1v) is 5.65. The summed E-state index contributed by atoms with van der Waals surface area (Å²) in [5.74, 6) is -0.326. The molecule has 1 aliphatic heterocycles. The predicted molar refractivity (Wildman–Crippen MR) is 63.9 cm³/mol. The average molecular weight is 258 g/mol. The number of aromatic amines is 1. The van der Waals surface area contributed by atoms with Crippen molar-refractivity contribution in [2.75, 3.05) is 0 Å². The zero-order valence-corrected chi connectivity index (χ0v) is 9.78. The molecule has 0 radical (unpaired) electrons. The summed E-state index contributed by atoms with van der Waals surface area (Å²) >= 11 is 0. The van der Waals surface area contributed by atoms with Crippen molar-refractivity contribution in [2.45, 2.75) is 12.8 Å². The van der Waals surface area contributed by atoms with Crippen LogP contribution in [0.1, 0.15) is 27.8 Å². The normalized spacial score (nSPS) is 17.6. The monoisotopic (exact) mass is 258 g/mol. The van der Waals surface area contributed by atoms with Crippen LogP contribution < -0.4 is 5.56 Å². The fourth-order valence-electron chi connectivity index (χ4n) is 2.09. The highest BCUT2D eigenvalue weighted by molar-refractivity contribution is 5.98. The first-order chi connectivity index (χ1) is 9.18. The van der Waals surface area contributed by atoms with E-state index in [9.17, 15) is 14.7 Å². The topological polar surface area (TPSA) is 99.2 Å². The zero-order chi connectivity index (χ0) is 13.4. The minimum atomic E-state index is -1.06. The summed E-state index contributed by atoms with van der Waals surface area (Å²) in [7, 11) is 0. The van der Waals surface area contributed by atoms with E-state index < -0.39 is 11.8 Å². The minimum absolute atomic E-state index is 0.0855. The number of nitrogens with zero attached hydrogens (tertiary/aromatic N) is 3. The van der Waals surface area contributed by atoms with Gasteiger partial charge in [-0.1, -0.05) is 18.2 Å². The number of carbonyl (C=O) groups excluding carboxylic acids is 1. The van der Waals surface area contributed by atoms with Crippen LogP contribution in [-0.2, 0) is 6.54 Å². The highest BCUT2D eigenvalue weighted by Crippen LogP contribution is 2.31. The largest absolute Gasteiger partial charge is 0.369 e. The molecule has 1 unspecified atom stereocenters. The number of hydrogen-bond donors (Lipinski definition) is 2. The Balaban J connectivity index is 1.95. The van der Waals surface area contributed by atoms with Gasteiger partial charge in [0.1, 0.15) is 12.0 Å². The Kier molecular flexibility index (Phi) is 2.60. The first-order valence-electron chi connectivity index (χ1n) is 5.65. The van der Waals surface area contributed by atoms with Crippen molar-refractivity contribution < 1.29 is 9.90 Å². The third kappa shape index (κ3) is 1.80. The Morgan fingerprint density at radius 1 is 1.32 bits per heavy atom. The number of amides is 1. The van der Waals surface area contributed by atoms with Gasteiger partial charge in [-0.3, -0.25) is 9.59 Å². The van der Waals surface area contributed by atoms with E-state index in [1.807, 2.05) is 0 Å². The Morgan fingerprint density at radius 3 is 2.84 bits per heavy atom. The Morgan fingerprint density at radius 2 is 2.11 bits per heavy atom. The fraction of sp³-hybridized carbons (Fsp3) is 0.167. The molecule has 3 rings (SSSR count). The maximum atomic E-state index is 12.1. The molecule has 1 aliphatic rings. The number of aromatic nitrogens is 3. The lowest BCUT2D eigenvalue weighted by Crippen LogP contribution is -2.31. The predicted octanol–water partition coefficient (Wildman–Crippen LogP) is -0.188. The standard InChI is InChI=1S/C12H10N4O3/c17-10-9(15-14-6-13-10)5-16-11(18)7-3-1-2-4-8(7)12(16)19/h1-4,6,11,18H,5H2,(H,13,14,17). The summed E-state index contributed by atoms with van der Waals surface area (Å²) in [6.07, 6.45) is 0.105. The molecule has 7 nitrogen and oxygen atoms in total. The number of fused-ring (bicyclic) bond motifs is 1. The van der Waals surface area contributed by atoms with Gasteiger partial charge < -0.3 is 15.0 Å². The van der Waals surface area contributed by atoms with Crippen molar-refractivity contribution in [3.63, 3.8) is 0 Å². The highest BCUT2D eigenvalue weighted by Gasteiger charge is 2.35. The molecule has 0 spiro atoms. The van der Waals surface area contributed by atoms with Crippen LogP contribution in [0.3, 0.4) is 0 Å². The van der Waals surface area contributed by atoms with Gasteiger partial charge in [-0.15, -0.1) is 10.2 Å². The quantitative estimate of drug-likeness (QED) is 0.778. The average Bonchev–Trinajstić information content (AvgIpc) is 2.67. The number of hydrogen-bond acceptors (Lipinski definition) is 5. The van der Waals surface area contributed by atoms with Crippen LogP contribution >= 0.6 is 0 Å². The molecule has 7 heteroatoms. The van der Waals surface area contributed by atoms with E-state index in [0.29, 0.717) is 11.1 Å². The smallest absolute Gasteiger partial charge is 0.274 e. The Labute approximate surface area is 107 Å². The molecule has 1 aromatic carbocycles. The maximum Gasteiger partial charge on any atom is 0.274 e. The molecule has 2 N–H and O–H groups in total. The molecule has 0 saturated carbocycles. The van der Waals surface area contributed by atoms with Gasteiger partial charge in [-0.25, -0.2) is 0 Å². The molecular formula is C12H10N4O3. The number of benzene rings is 1.